The average molecular weight is 392 g/mol. The van der Waals surface area contributed by atoms with E-state index in [1.54, 1.807) is 31.2 Å². The van der Waals surface area contributed by atoms with E-state index in [2.05, 4.69) is 26.6 Å². The summed E-state index contributed by atoms with van der Waals surface area (Å²) < 4.78 is 0.456. The quantitative estimate of drug-likeness (QED) is 0.594. The van der Waals surface area contributed by atoms with Crippen LogP contribution in [0.2, 0.25) is 0 Å². The van der Waals surface area contributed by atoms with E-state index >= 15 is 0 Å². The van der Waals surface area contributed by atoms with Gasteiger partial charge in [-0.05, 0) is 46.3 Å². The smallest absolute Gasteiger partial charge is 0.270 e. The predicted octanol–water partition coefficient (Wildman–Crippen LogP) is 3.96. The van der Waals surface area contributed by atoms with Crippen LogP contribution in [0.4, 0.5) is 17.1 Å². The Morgan fingerprint density at radius 2 is 1.67 bits per heavy atom. The van der Waals surface area contributed by atoms with Gasteiger partial charge in [-0.25, -0.2) is 0 Å². The Labute approximate surface area is 146 Å². The minimum absolute atomic E-state index is 0.104. The van der Waals surface area contributed by atoms with E-state index in [0.717, 1.165) is 0 Å². The van der Waals surface area contributed by atoms with E-state index in [0.29, 0.717) is 22.3 Å². The highest BCUT2D eigenvalue weighted by Crippen LogP contribution is 2.24. The second kappa shape index (κ2) is 7.69. The van der Waals surface area contributed by atoms with Crippen molar-refractivity contribution in [1.29, 1.82) is 0 Å². The van der Waals surface area contributed by atoms with Gasteiger partial charge in [-0.3, -0.25) is 19.7 Å². The van der Waals surface area contributed by atoms with Gasteiger partial charge in [0.2, 0.25) is 5.91 Å². The molecule has 0 aromatic heterocycles. The summed E-state index contributed by atoms with van der Waals surface area (Å²) in [6, 6.07) is 10.6. The Balaban J connectivity index is 2.13. The minimum Gasteiger partial charge on any atom is -0.326 e. The first kappa shape index (κ1) is 17.6. The zero-order valence-electron chi connectivity index (χ0n) is 12.7. The SMILES string of the molecule is CCC(=O)Nc1ccc(NC(=O)c2cc([N+](=O)[O-])ccc2Br)cc1. The maximum absolute atomic E-state index is 12.3. The molecule has 0 aliphatic heterocycles. The van der Waals surface area contributed by atoms with Crippen LogP contribution < -0.4 is 10.6 Å². The van der Waals surface area contributed by atoms with E-state index in [-0.39, 0.29) is 17.2 Å². The first-order chi connectivity index (χ1) is 11.4. The number of anilines is 2. The number of nitrogens with one attached hydrogen (secondary N) is 2. The van der Waals surface area contributed by atoms with Gasteiger partial charge in [-0.15, -0.1) is 0 Å². The summed E-state index contributed by atoms with van der Waals surface area (Å²) in [6.45, 7) is 1.75. The molecule has 2 aromatic rings. The molecular weight excluding hydrogens is 378 g/mol. The molecule has 0 saturated carbocycles. The largest absolute Gasteiger partial charge is 0.326 e. The number of amides is 2. The number of nitro groups is 1. The molecular formula is C16H14BrN3O4. The highest BCUT2D eigenvalue weighted by molar-refractivity contribution is 9.10. The lowest BCUT2D eigenvalue weighted by Gasteiger charge is -2.08. The molecule has 2 amide bonds. The molecule has 0 bridgehead atoms. The van der Waals surface area contributed by atoms with Gasteiger partial charge in [-0.1, -0.05) is 6.92 Å². The van der Waals surface area contributed by atoms with Crippen LogP contribution in [0.25, 0.3) is 0 Å². The fraction of sp³-hybridized carbons (Fsp3) is 0.125. The van der Waals surface area contributed by atoms with Crippen LogP contribution in [0, 0.1) is 10.1 Å². The monoisotopic (exact) mass is 391 g/mol. The van der Waals surface area contributed by atoms with Gasteiger partial charge in [-0.2, -0.15) is 0 Å². The Hall–Kier alpha value is -2.74. The van der Waals surface area contributed by atoms with Crippen molar-refractivity contribution in [2.45, 2.75) is 13.3 Å². The number of carbonyl (C=O) groups excluding carboxylic acids is 2. The van der Waals surface area contributed by atoms with Crippen molar-refractivity contribution in [2.24, 2.45) is 0 Å². The normalized spacial score (nSPS) is 10.1. The molecule has 24 heavy (non-hydrogen) atoms. The molecule has 2 aromatic carbocycles. The van der Waals surface area contributed by atoms with Gasteiger partial charge in [0.05, 0.1) is 10.5 Å². The molecule has 0 unspecified atom stereocenters. The number of benzene rings is 2. The molecule has 0 saturated heterocycles. The average Bonchev–Trinajstić information content (AvgIpc) is 2.56. The van der Waals surface area contributed by atoms with Crippen LogP contribution >= 0.6 is 15.9 Å². The predicted molar refractivity (Wildman–Crippen MR) is 94.1 cm³/mol. The van der Waals surface area contributed by atoms with Crippen LogP contribution in [0.3, 0.4) is 0 Å². The van der Waals surface area contributed by atoms with E-state index in [4.69, 9.17) is 0 Å². The van der Waals surface area contributed by atoms with Crippen LogP contribution in [-0.4, -0.2) is 16.7 Å². The number of hydrogen-bond acceptors (Lipinski definition) is 4. The number of nitrogens with zero attached hydrogens (tertiary/aromatic N) is 1. The van der Waals surface area contributed by atoms with Gasteiger partial charge in [0.1, 0.15) is 0 Å². The molecule has 2 N–H and O–H groups in total. The molecule has 0 fully saturated rings. The van der Waals surface area contributed by atoms with Crippen LogP contribution in [0.5, 0.6) is 0 Å². The third-order valence-electron chi connectivity index (χ3n) is 3.15. The Kier molecular flexibility index (Phi) is 5.64. The molecule has 7 nitrogen and oxygen atoms in total. The lowest BCUT2D eigenvalue weighted by atomic mass is 10.2. The Bertz CT molecular complexity index is 790. The maximum atomic E-state index is 12.3. The van der Waals surface area contributed by atoms with Gasteiger partial charge in [0.25, 0.3) is 11.6 Å². The van der Waals surface area contributed by atoms with Crippen molar-refractivity contribution in [3.05, 3.63) is 62.6 Å². The number of nitro benzene ring substituents is 1. The minimum atomic E-state index is -0.561. The number of hydrogen-bond donors (Lipinski definition) is 2. The van der Waals surface area contributed by atoms with Crippen molar-refractivity contribution >= 4 is 44.8 Å². The molecule has 0 aliphatic carbocycles. The summed E-state index contributed by atoms with van der Waals surface area (Å²) in [5.74, 6) is -0.580. The Morgan fingerprint density at radius 1 is 1.08 bits per heavy atom. The molecule has 0 atom stereocenters. The number of rotatable bonds is 5. The summed E-state index contributed by atoms with van der Waals surface area (Å²) in [5, 5.41) is 16.2. The molecule has 124 valence electrons. The van der Waals surface area contributed by atoms with Crippen LogP contribution in [0.1, 0.15) is 23.7 Å². The third kappa shape index (κ3) is 4.39. The molecule has 2 rings (SSSR count). The van der Waals surface area contributed by atoms with Gasteiger partial charge >= 0.3 is 0 Å². The number of halogens is 1. The lowest BCUT2D eigenvalue weighted by molar-refractivity contribution is -0.384. The molecule has 0 radical (unpaired) electrons. The van der Waals surface area contributed by atoms with E-state index < -0.39 is 10.8 Å². The standard InChI is InChI=1S/C16H14BrN3O4/c1-2-15(21)18-10-3-5-11(6-4-10)19-16(22)13-9-12(20(23)24)7-8-14(13)17/h3-9H,2H2,1H3,(H,18,21)(H,19,22). The first-order valence-electron chi connectivity index (χ1n) is 7.06. The second-order valence-corrected chi connectivity index (χ2v) is 5.71. The van der Waals surface area contributed by atoms with Gasteiger partial charge < -0.3 is 10.6 Å². The fourth-order valence-electron chi connectivity index (χ4n) is 1.89. The van der Waals surface area contributed by atoms with Crippen LogP contribution in [0.15, 0.2) is 46.9 Å². The number of non-ortho nitro benzene ring substituents is 1. The van der Waals surface area contributed by atoms with Crippen molar-refractivity contribution < 1.29 is 14.5 Å². The topological polar surface area (TPSA) is 101 Å². The summed E-state index contributed by atoms with van der Waals surface area (Å²) in [4.78, 5) is 33.9. The van der Waals surface area contributed by atoms with Crippen LogP contribution in [-0.2, 0) is 4.79 Å². The van der Waals surface area contributed by atoms with Crippen molar-refractivity contribution in [1.82, 2.24) is 0 Å². The lowest BCUT2D eigenvalue weighted by Crippen LogP contribution is -2.13. The highest BCUT2D eigenvalue weighted by Gasteiger charge is 2.15. The van der Waals surface area contributed by atoms with Crippen molar-refractivity contribution in [3.63, 3.8) is 0 Å². The summed E-state index contributed by atoms with van der Waals surface area (Å²) >= 11 is 3.21. The molecule has 0 heterocycles. The van der Waals surface area contributed by atoms with E-state index in [9.17, 15) is 19.7 Å². The summed E-state index contributed by atoms with van der Waals surface area (Å²) in [5.41, 5.74) is 1.12. The summed E-state index contributed by atoms with van der Waals surface area (Å²) in [7, 11) is 0. The number of carbonyl (C=O) groups is 2. The fourth-order valence-corrected chi connectivity index (χ4v) is 2.31. The zero-order valence-corrected chi connectivity index (χ0v) is 14.3. The van der Waals surface area contributed by atoms with E-state index in [1.807, 2.05) is 0 Å². The zero-order chi connectivity index (χ0) is 17.7. The molecule has 0 spiro atoms. The Morgan fingerprint density at radius 3 is 2.21 bits per heavy atom. The van der Waals surface area contributed by atoms with E-state index in [1.165, 1.54) is 18.2 Å². The highest BCUT2D eigenvalue weighted by atomic mass is 79.9. The first-order valence-corrected chi connectivity index (χ1v) is 7.85. The van der Waals surface area contributed by atoms with Crippen molar-refractivity contribution in [2.75, 3.05) is 10.6 Å². The second-order valence-electron chi connectivity index (χ2n) is 4.85. The molecule has 0 aliphatic rings. The molecule has 8 heteroatoms. The van der Waals surface area contributed by atoms with Gasteiger partial charge in [0, 0.05) is 34.4 Å². The summed E-state index contributed by atoms with van der Waals surface area (Å²) in [6.07, 6.45) is 0.374. The third-order valence-corrected chi connectivity index (χ3v) is 3.84. The maximum Gasteiger partial charge on any atom is 0.270 e. The van der Waals surface area contributed by atoms with Gasteiger partial charge in [0.15, 0.2) is 0 Å². The van der Waals surface area contributed by atoms with Crippen molar-refractivity contribution in [3.8, 4) is 0 Å².